The minimum atomic E-state index is -1.02. The molecule has 7 heteroatoms. The van der Waals surface area contributed by atoms with Crippen LogP contribution in [0.2, 0.25) is 5.02 Å². The average molecular weight is 302 g/mol. The number of phenolic OH excluding ortho intramolecular Hbond substituents is 1. The van der Waals surface area contributed by atoms with E-state index in [4.69, 9.17) is 11.6 Å². The zero-order chi connectivity index (χ0) is 14.9. The van der Waals surface area contributed by atoms with Crippen molar-refractivity contribution >= 4 is 23.2 Å². The lowest BCUT2D eigenvalue weighted by Gasteiger charge is -2.09. The molecule has 0 saturated carbocycles. The molecule has 0 fully saturated rings. The molecule has 0 heterocycles. The van der Waals surface area contributed by atoms with Crippen molar-refractivity contribution in [2.75, 3.05) is 5.32 Å². The molecular weight excluding hydrogens is 295 g/mol. The van der Waals surface area contributed by atoms with Gasteiger partial charge in [-0.3, -0.25) is 4.79 Å². The fraction of sp³-hybridized carbons (Fsp3) is 0. The van der Waals surface area contributed by atoms with Gasteiger partial charge in [-0.1, -0.05) is 17.7 Å². The first-order valence-electron chi connectivity index (χ1n) is 5.33. The summed E-state index contributed by atoms with van der Waals surface area (Å²) in [6, 6.07) is 4.54. The molecule has 0 aliphatic heterocycles. The van der Waals surface area contributed by atoms with E-state index >= 15 is 0 Å². The summed E-state index contributed by atoms with van der Waals surface area (Å²) in [5.74, 6) is -4.59. The predicted octanol–water partition coefficient (Wildman–Crippen LogP) is 3.72. The second-order valence-electron chi connectivity index (χ2n) is 3.83. The van der Waals surface area contributed by atoms with Crippen molar-refractivity contribution in [3.63, 3.8) is 0 Å². The van der Waals surface area contributed by atoms with Gasteiger partial charge in [-0.15, -0.1) is 0 Å². The Morgan fingerprint density at radius 1 is 1.10 bits per heavy atom. The van der Waals surface area contributed by atoms with Gasteiger partial charge in [0.25, 0.3) is 5.91 Å². The van der Waals surface area contributed by atoms with E-state index in [1.54, 1.807) is 0 Å². The van der Waals surface area contributed by atoms with Crippen LogP contribution in [0.5, 0.6) is 5.75 Å². The number of carbonyl (C=O) groups is 1. The highest BCUT2D eigenvalue weighted by Crippen LogP contribution is 2.26. The minimum Gasteiger partial charge on any atom is -0.507 e. The highest BCUT2D eigenvalue weighted by Gasteiger charge is 2.18. The van der Waals surface area contributed by atoms with Gasteiger partial charge < -0.3 is 10.4 Å². The van der Waals surface area contributed by atoms with Gasteiger partial charge in [0.05, 0.1) is 10.6 Å². The van der Waals surface area contributed by atoms with Crippen LogP contribution in [0.1, 0.15) is 10.4 Å². The Bertz CT molecular complexity index is 671. The summed E-state index contributed by atoms with van der Waals surface area (Å²) in [7, 11) is 0. The Kier molecular flexibility index (Phi) is 3.85. The van der Waals surface area contributed by atoms with E-state index in [-0.39, 0.29) is 0 Å². The number of rotatable bonds is 2. The number of benzene rings is 2. The lowest BCUT2D eigenvalue weighted by atomic mass is 10.1. The van der Waals surface area contributed by atoms with Crippen LogP contribution < -0.4 is 5.32 Å². The number of hydrogen-bond donors (Lipinski definition) is 2. The molecule has 20 heavy (non-hydrogen) atoms. The topological polar surface area (TPSA) is 49.3 Å². The van der Waals surface area contributed by atoms with E-state index in [1.807, 2.05) is 5.32 Å². The van der Waals surface area contributed by atoms with Gasteiger partial charge in [0.1, 0.15) is 28.9 Å². The van der Waals surface area contributed by atoms with Gasteiger partial charge in [-0.05, 0) is 18.2 Å². The zero-order valence-electron chi connectivity index (χ0n) is 9.75. The van der Waals surface area contributed by atoms with Crippen LogP contribution in [0.3, 0.4) is 0 Å². The number of anilines is 1. The number of amides is 1. The van der Waals surface area contributed by atoms with Crippen molar-refractivity contribution in [1.82, 2.24) is 0 Å². The maximum atomic E-state index is 13.4. The molecule has 2 N–H and O–H groups in total. The van der Waals surface area contributed by atoms with E-state index in [9.17, 15) is 23.1 Å². The molecule has 104 valence electrons. The van der Waals surface area contributed by atoms with E-state index in [1.165, 1.54) is 0 Å². The average Bonchev–Trinajstić information content (AvgIpc) is 2.38. The molecular formula is C13H7ClF3NO2. The summed E-state index contributed by atoms with van der Waals surface area (Å²) in [5, 5.41) is 11.0. The van der Waals surface area contributed by atoms with Gasteiger partial charge >= 0.3 is 0 Å². The third-order valence-electron chi connectivity index (χ3n) is 2.48. The highest BCUT2D eigenvalue weighted by molar-refractivity contribution is 6.31. The van der Waals surface area contributed by atoms with Crippen molar-refractivity contribution in [3.8, 4) is 5.75 Å². The van der Waals surface area contributed by atoms with Crippen LogP contribution in [0.4, 0.5) is 18.9 Å². The Labute approximate surface area is 116 Å². The van der Waals surface area contributed by atoms with E-state index < -0.39 is 45.4 Å². The molecule has 0 aromatic heterocycles. The monoisotopic (exact) mass is 301 g/mol. The molecule has 0 aliphatic rings. The third-order valence-corrected chi connectivity index (χ3v) is 2.77. The van der Waals surface area contributed by atoms with Crippen LogP contribution in [-0.4, -0.2) is 11.0 Å². The molecule has 0 aliphatic carbocycles. The first kappa shape index (κ1) is 14.2. The first-order valence-corrected chi connectivity index (χ1v) is 5.71. The minimum absolute atomic E-state index is 0.401. The first-order chi connectivity index (χ1) is 9.40. The van der Waals surface area contributed by atoms with Crippen molar-refractivity contribution in [3.05, 3.63) is 58.4 Å². The number of para-hydroxylation sites is 1. The molecule has 1 amide bonds. The number of aromatic hydroxyl groups is 1. The van der Waals surface area contributed by atoms with E-state index in [0.29, 0.717) is 6.07 Å². The highest BCUT2D eigenvalue weighted by atomic mass is 35.5. The molecule has 0 atom stereocenters. The summed E-state index contributed by atoms with van der Waals surface area (Å²) in [5.41, 5.74) is -1.07. The normalized spacial score (nSPS) is 10.4. The molecule has 0 radical (unpaired) electrons. The van der Waals surface area contributed by atoms with Crippen molar-refractivity contribution < 1.29 is 23.1 Å². The maximum Gasteiger partial charge on any atom is 0.259 e. The van der Waals surface area contributed by atoms with Gasteiger partial charge in [0.2, 0.25) is 0 Å². The number of nitrogens with one attached hydrogen (secondary N) is 1. The second kappa shape index (κ2) is 5.42. The zero-order valence-corrected chi connectivity index (χ0v) is 10.5. The van der Waals surface area contributed by atoms with E-state index in [2.05, 4.69) is 0 Å². The SMILES string of the molecule is O=C(Nc1c(F)cccc1F)c1cc(Cl)c(F)cc1O. The largest absolute Gasteiger partial charge is 0.507 e. The maximum absolute atomic E-state index is 13.4. The number of hydrogen-bond acceptors (Lipinski definition) is 2. The molecule has 0 saturated heterocycles. The second-order valence-corrected chi connectivity index (χ2v) is 4.24. The third kappa shape index (κ3) is 2.70. The van der Waals surface area contributed by atoms with E-state index in [0.717, 1.165) is 24.3 Å². The van der Waals surface area contributed by atoms with Crippen molar-refractivity contribution in [2.24, 2.45) is 0 Å². The van der Waals surface area contributed by atoms with Crippen molar-refractivity contribution in [2.45, 2.75) is 0 Å². The molecule has 0 unspecified atom stereocenters. The Balaban J connectivity index is 2.36. The van der Waals surface area contributed by atoms with Crippen LogP contribution in [-0.2, 0) is 0 Å². The quantitative estimate of drug-likeness (QED) is 0.888. The summed E-state index contributed by atoms with van der Waals surface area (Å²) in [6.45, 7) is 0. The van der Waals surface area contributed by atoms with Gasteiger partial charge in [-0.2, -0.15) is 0 Å². The molecule has 3 nitrogen and oxygen atoms in total. The lowest BCUT2D eigenvalue weighted by molar-refractivity contribution is 0.102. The van der Waals surface area contributed by atoms with Gasteiger partial charge in [-0.25, -0.2) is 13.2 Å². The van der Waals surface area contributed by atoms with Gasteiger partial charge in [0, 0.05) is 6.07 Å². The Morgan fingerprint density at radius 2 is 1.70 bits per heavy atom. The lowest BCUT2D eigenvalue weighted by Crippen LogP contribution is -2.14. The molecule has 2 rings (SSSR count). The summed E-state index contributed by atoms with van der Waals surface area (Å²) >= 11 is 5.48. The van der Waals surface area contributed by atoms with Crippen LogP contribution in [0.15, 0.2) is 30.3 Å². The smallest absolute Gasteiger partial charge is 0.259 e. The molecule has 2 aromatic rings. The van der Waals surface area contributed by atoms with Crippen LogP contribution in [0.25, 0.3) is 0 Å². The van der Waals surface area contributed by atoms with Gasteiger partial charge in [0.15, 0.2) is 0 Å². The fourth-order valence-electron chi connectivity index (χ4n) is 1.52. The van der Waals surface area contributed by atoms with Crippen LogP contribution >= 0.6 is 11.6 Å². The van der Waals surface area contributed by atoms with Crippen LogP contribution in [0, 0.1) is 17.5 Å². The number of halogens is 4. The summed E-state index contributed by atoms with van der Waals surface area (Å²) in [6.07, 6.45) is 0. The fourth-order valence-corrected chi connectivity index (χ4v) is 1.68. The predicted molar refractivity (Wildman–Crippen MR) is 67.4 cm³/mol. The van der Waals surface area contributed by atoms with Crippen molar-refractivity contribution in [1.29, 1.82) is 0 Å². The Morgan fingerprint density at radius 3 is 2.30 bits per heavy atom. The summed E-state index contributed by atoms with van der Waals surface area (Å²) in [4.78, 5) is 11.8. The number of phenols is 1. The number of carbonyl (C=O) groups excluding carboxylic acids is 1. The molecule has 0 bridgehead atoms. The molecule has 2 aromatic carbocycles. The summed E-state index contributed by atoms with van der Waals surface area (Å²) < 4.78 is 39.8. The standard InChI is InChI=1S/C13H7ClF3NO2/c14-7-4-6(11(19)5-10(7)17)13(20)18-12-8(15)2-1-3-9(12)16/h1-5,19H,(H,18,20). The molecule has 0 spiro atoms. The Hall–Kier alpha value is -2.21.